The van der Waals surface area contributed by atoms with Crippen LogP contribution < -0.4 is 4.72 Å². The minimum atomic E-state index is -3.78. The molecular formula is C12H17N3O3S. The maximum atomic E-state index is 12.4. The van der Waals surface area contributed by atoms with Crippen molar-refractivity contribution in [2.45, 2.75) is 56.4 Å². The summed E-state index contributed by atoms with van der Waals surface area (Å²) in [6.07, 6.45) is 3.85. The topological polar surface area (TPSA) is 96.0 Å². The highest BCUT2D eigenvalue weighted by Gasteiger charge is 2.38. The molecule has 104 valence electrons. The van der Waals surface area contributed by atoms with Crippen molar-refractivity contribution >= 4 is 10.0 Å². The number of hydrogen-bond acceptors (Lipinski definition) is 5. The molecule has 2 rings (SSSR count). The average Bonchev–Trinajstić information content (AvgIpc) is 2.70. The Morgan fingerprint density at radius 1 is 1.32 bits per heavy atom. The lowest BCUT2D eigenvalue weighted by atomic mass is 9.84. The van der Waals surface area contributed by atoms with Crippen LogP contribution in [0.2, 0.25) is 0 Å². The summed E-state index contributed by atoms with van der Waals surface area (Å²) in [5.41, 5.74) is -0.679. The molecule has 0 aromatic carbocycles. The average molecular weight is 283 g/mol. The molecule has 7 heteroatoms. The quantitative estimate of drug-likeness (QED) is 0.912. The Morgan fingerprint density at radius 3 is 2.42 bits per heavy atom. The predicted octanol–water partition coefficient (Wildman–Crippen LogP) is 1.80. The van der Waals surface area contributed by atoms with Gasteiger partial charge in [-0.05, 0) is 26.7 Å². The molecule has 19 heavy (non-hydrogen) atoms. The van der Waals surface area contributed by atoms with Crippen LogP contribution in [0, 0.1) is 25.2 Å². The molecule has 0 amide bonds. The second-order valence-corrected chi connectivity index (χ2v) is 6.63. The summed E-state index contributed by atoms with van der Waals surface area (Å²) in [6.45, 7) is 3.12. The molecular weight excluding hydrogens is 266 g/mol. The first-order valence-electron chi connectivity index (χ1n) is 6.28. The Bertz CT molecular complexity index is 587. The second-order valence-electron chi connectivity index (χ2n) is 5.01. The molecule has 1 aliphatic rings. The maximum Gasteiger partial charge on any atom is 0.247 e. The van der Waals surface area contributed by atoms with E-state index in [9.17, 15) is 13.7 Å². The van der Waals surface area contributed by atoms with E-state index in [2.05, 4.69) is 15.9 Å². The number of sulfonamides is 1. The van der Waals surface area contributed by atoms with Gasteiger partial charge in [0.15, 0.2) is 5.76 Å². The van der Waals surface area contributed by atoms with Gasteiger partial charge in [0.2, 0.25) is 10.0 Å². The molecule has 1 aromatic rings. The van der Waals surface area contributed by atoms with Crippen LogP contribution in [0.1, 0.15) is 43.6 Å². The molecule has 6 nitrogen and oxygen atoms in total. The van der Waals surface area contributed by atoms with E-state index in [0.717, 1.165) is 19.3 Å². The first kappa shape index (κ1) is 14.0. The van der Waals surface area contributed by atoms with Gasteiger partial charge in [0.05, 0.1) is 6.07 Å². The summed E-state index contributed by atoms with van der Waals surface area (Å²) in [6, 6.07) is 2.13. The van der Waals surface area contributed by atoms with Crippen LogP contribution in [0.15, 0.2) is 9.42 Å². The van der Waals surface area contributed by atoms with E-state index in [1.54, 1.807) is 13.8 Å². The van der Waals surface area contributed by atoms with Gasteiger partial charge in [-0.15, -0.1) is 0 Å². The lowest BCUT2D eigenvalue weighted by Crippen LogP contribution is -2.48. The summed E-state index contributed by atoms with van der Waals surface area (Å²) < 4.78 is 32.2. The van der Waals surface area contributed by atoms with Gasteiger partial charge in [0, 0.05) is 0 Å². The number of hydrogen-bond donors (Lipinski definition) is 1. The molecule has 0 unspecified atom stereocenters. The van der Waals surface area contributed by atoms with Crippen molar-refractivity contribution in [3.8, 4) is 6.07 Å². The molecule has 0 saturated heterocycles. The maximum absolute atomic E-state index is 12.4. The summed E-state index contributed by atoms with van der Waals surface area (Å²) in [7, 11) is -3.78. The molecule has 1 aliphatic carbocycles. The van der Waals surface area contributed by atoms with Gasteiger partial charge < -0.3 is 4.52 Å². The van der Waals surface area contributed by atoms with Crippen LogP contribution in [-0.2, 0) is 10.0 Å². The molecule has 0 bridgehead atoms. The van der Waals surface area contributed by atoms with Gasteiger partial charge in [0.25, 0.3) is 0 Å². The Labute approximate surface area is 112 Å². The first-order valence-corrected chi connectivity index (χ1v) is 7.77. The van der Waals surface area contributed by atoms with Crippen LogP contribution in [0.5, 0.6) is 0 Å². The number of nitriles is 1. The highest BCUT2D eigenvalue weighted by atomic mass is 32.2. The van der Waals surface area contributed by atoms with E-state index >= 15 is 0 Å². The van der Waals surface area contributed by atoms with E-state index in [1.165, 1.54) is 0 Å². The van der Waals surface area contributed by atoms with E-state index in [-0.39, 0.29) is 10.7 Å². The molecule has 0 aliphatic heterocycles. The van der Waals surface area contributed by atoms with E-state index in [0.29, 0.717) is 18.5 Å². The van der Waals surface area contributed by atoms with Crippen molar-refractivity contribution in [1.29, 1.82) is 5.26 Å². The monoisotopic (exact) mass is 283 g/mol. The van der Waals surface area contributed by atoms with Crippen molar-refractivity contribution in [2.24, 2.45) is 0 Å². The van der Waals surface area contributed by atoms with Crippen LogP contribution in [0.3, 0.4) is 0 Å². The highest BCUT2D eigenvalue weighted by molar-refractivity contribution is 7.89. The lowest BCUT2D eigenvalue weighted by molar-refractivity contribution is 0.337. The third-order valence-corrected chi connectivity index (χ3v) is 5.27. The summed E-state index contributed by atoms with van der Waals surface area (Å²) in [4.78, 5) is 0.0488. The SMILES string of the molecule is Cc1noc(C)c1S(=O)(=O)NC1(C#N)CCCCC1. The molecule has 1 fully saturated rings. The van der Waals surface area contributed by atoms with E-state index < -0.39 is 15.6 Å². The Kier molecular flexibility index (Phi) is 3.65. The van der Waals surface area contributed by atoms with Gasteiger partial charge >= 0.3 is 0 Å². The molecule has 1 heterocycles. The van der Waals surface area contributed by atoms with Gasteiger partial charge in [0.1, 0.15) is 16.1 Å². The Morgan fingerprint density at radius 2 is 1.95 bits per heavy atom. The van der Waals surface area contributed by atoms with Gasteiger partial charge in [-0.3, -0.25) is 0 Å². The van der Waals surface area contributed by atoms with Crippen LogP contribution in [-0.4, -0.2) is 19.1 Å². The zero-order valence-corrected chi connectivity index (χ0v) is 11.9. The van der Waals surface area contributed by atoms with Crippen LogP contribution in [0.25, 0.3) is 0 Å². The second kappa shape index (κ2) is 4.94. The summed E-state index contributed by atoms with van der Waals surface area (Å²) in [5, 5.41) is 13.0. The standard InChI is InChI=1S/C12H17N3O3S/c1-9-11(10(2)18-14-9)19(16,17)15-12(8-13)6-4-3-5-7-12/h15H,3-7H2,1-2H3. The minimum absolute atomic E-state index is 0.0488. The lowest BCUT2D eigenvalue weighted by Gasteiger charge is -2.30. The van der Waals surface area contributed by atoms with Gasteiger partial charge in [-0.2, -0.15) is 9.98 Å². The first-order chi connectivity index (χ1) is 8.90. The van der Waals surface area contributed by atoms with E-state index in [1.807, 2.05) is 0 Å². The van der Waals surface area contributed by atoms with Crippen molar-refractivity contribution in [3.05, 3.63) is 11.5 Å². The highest BCUT2D eigenvalue weighted by Crippen LogP contribution is 2.30. The fraction of sp³-hybridized carbons (Fsp3) is 0.667. The minimum Gasteiger partial charge on any atom is -0.360 e. The molecule has 0 spiro atoms. The molecule has 1 aromatic heterocycles. The Balaban J connectivity index is 2.34. The fourth-order valence-corrected chi connectivity index (χ4v) is 4.27. The third-order valence-electron chi connectivity index (χ3n) is 3.49. The van der Waals surface area contributed by atoms with Crippen LogP contribution in [0.4, 0.5) is 0 Å². The number of aryl methyl sites for hydroxylation is 2. The third kappa shape index (κ3) is 2.65. The molecule has 0 atom stereocenters. The van der Waals surface area contributed by atoms with Crippen molar-refractivity contribution in [3.63, 3.8) is 0 Å². The number of rotatable bonds is 3. The summed E-state index contributed by atoms with van der Waals surface area (Å²) in [5.74, 6) is 0.244. The predicted molar refractivity (Wildman–Crippen MR) is 67.7 cm³/mol. The number of nitrogens with one attached hydrogen (secondary N) is 1. The van der Waals surface area contributed by atoms with E-state index in [4.69, 9.17) is 4.52 Å². The van der Waals surface area contributed by atoms with Crippen molar-refractivity contribution < 1.29 is 12.9 Å². The van der Waals surface area contributed by atoms with Crippen molar-refractivity contribution in [1.82, 2.24) is 9.88 Å². The molecule has 1 N–H and O–H groups in total. The summed E-state index contributed by atoms with van der Waals surface area (Å²) >= 11 is 0. The normalized spacial score (nSPS) is 19.0. The zero-order valence-electron chi connectivity index (χ0n) is 11.1. The molecule has 1 saturated carbocycles. The smallest absolute Gasteiger partial charge is 0.247 e. The number of aromatic nitrogens is 1. The Hall–Kier alpha value is -1.39. The fourth-order valence-electron chi connectivity index (χ4n) is 2.56. The van der Waals surface area contributed by atoms with Crippen LogP contribution >= 0.6 is 0 Å². The van der Waals surface area contributed by atoms with Gasteiger partial charge in [-0.25, -0.2) is 8.42 Å². The zero-order chi connectivity index (χ0) is 14.1. The largest absolute Gasteiger partial charge is 0.360 e. The van der Waals surface area contributed by atoms with Gasteiger partial charge in [-0.1, -0.05) is 24.4 Å². The van der Waals surface area contributed by atoms with Crippen molar-refractivity contribution in [2.75, 3.05) is 0 Å². The number of nitrogens with zero attached hydrogens (tertiary/aromatic N) is 2. The molecule has 0 radical (unpaired) electrons.